The van der Waals surface area contributed by atoms with Crippen LogP contribution >= 0.6 is 0 Å². The topological polar surface area (TPSA) is 82.3 Å². The van der Waals surface area contributed by atoms with Crippen LogP contribution in [0.5, 0.6) is 0 Å². The van der Waals surface area contributed by atoms with E-state index in [0.717, 1.165) is 94.7 Å². The molecule has 0 saturated heterocycles. The second-order valence-corrected chi connectivity index (χ2v) is 12.8. The summed E-state index contributed by atoms with van der Waals surface area (Å²) in [6, 6.07) is 55.6. The van der Waals surface area contributed by atoms with Crippen LogP contribution in [-0.2, 0) is 0 Å². The Morgan fingerprint density at radius 3 is 1.74 bits per heavy atom. The van der Waals surface area contributed by atoms with Gasteiger partial charge in [0, 0.05) is 34.1 Å². The van der Waals surface area contributed by atoms with Crippen molar-refractivity contribution in [2.45, 2.75) is 0 Å². The maximum absolute atomic E-state index is 5.30. The minimum atomic E-state index is 0.793. The van der Waals surface area contributed by atoms with Crippen LogP contribution < -0.4 is 0 Å². The summed E-state index contributed by atoms with van der Waals surface area (Å²) in [7, 11) is 0. The molecular formula is C46H29N7. The SMILES string of the molecule is c1ccc(-c2nc3cccc(-c4ccc(-c5cc(-c6ccccn6)nc(-c6ccccn6)c5)cc4)c3c3c2ccc2nn(-c4ccccc4)nc23)cc1. The first-order valence-corrected chi connectivity index (χ1v) is 17.5. The average molecular weight is 680 g/mol. The molecule has 10 aromatic rings. The van der Waals surface area contributed by atoms with E-state index in [1.165, 1.54) is 0 Å². The number of nitrogens with zero attached hydrogens (tertiary/aromatic N) is 7. The number of para-hydroxylation sites is 1. The van der Waals surface area contributed by atoms with Crippen molar-refractivity contribution in [3.05, 3.63) is 176 Å². The summed E-state index contributed by atoms with van der Waals surface area (Å²) in [5, 5.41) is 13.1. The van der Waals surface area contributed by atoms with E-state index in [4.69, 9.17) is 20.2 Å². The summed E-state index contributed by atoms with van der Waals surface area (Å²) < 4.78 is 0. The molecule has 5 aromatic heterocycles. The number of aromatic nitrogens is 7. The van der Waals surface area contributed by atoms with Crippen LogP contribution in [0.25, 0.3) is 94.7 Å². The van der Waals surface area contributed by atoms with Crippen LogP contribution in [0, 0.1) is 0 Å². The normalized spacial score (nSPS) is 11.4. The minimum Gasteiger partial charge on any atom is -0.255 e. The zero-order valence-corrected chi connectivity index (χ0v) is 28.4. The molecular weight excluding hydrogens is 651 g/mol. The van der Waals surface area contributed by atoms with Gasteiger partial charge in [0.15, 0.2) is 0 Å². The van der Waals surface area contributed by atoms with Gasteiger partial charge in [-0.25, -0.2) is 9.97 Å². The number of hydrogen-bond donors (Lipinski definition) is 0. The van der Waals surface area contributed by atoms with E-state index in [0.29, 0.717) is 0 Å². The summed E-state index contributed by atoms with van der Waals surface area (Å²) in [6.07, 6.45) is 3.58. The van der Waals surface area contributed by atoms with Gasteiger partial charge in [0.2, 0.25) is 0 Å². The van der Waals surface area contributed by atoms with Gasteiger partial charge in [-0.3, -0.25) is 9.97 Å². The monoisotopic (exact) mass is 679 g/mol. The van der Waals surface area contributed by atoms with Crippen molar-refractivity contribution in [1.29, 1.82) is 0 Å². The Hall–Kier alpha value is -7.38. The Morgan fingerprint density at radius 1 is 0.396 bits per heavy atom. The van der Waals surface area contributed by atoms with Crippen molar-refractivity contribution < 1.29 is 0 Å². The molecule has 0 bridgehead atoms. The molecule has 0 radical (unpaired) electrons. The lowest BCUT2D eigenvalue weighted by atomic mass is 9.92. The second-order valence-electron chi connectivity index (χ2n) is 12.8. The third-order valence-corrected chi connectivity index (χ3v) is 9.58. The predicted octanol–water partition coefficient (Wildman–Crippen LogP) is 10.6. The Bertz CT molecular complexity index is 2850. The van der Waals surface area contributed by atoms with Gasteiger partial charge < -0.3 is 0 Å². The summed E-state index contributed by atoms with van der Waals surface area (Å²) in [4.78, 5) is 21.2. The largest absolute Gasteiger partial charge is 0.255 e. The quantitative estimate of drug-likeness (QED) is 0.163. The zero-order valence-electron chi connectivity index (χ0n) is 28.4. The van der Waals surface area contributed by atoms with Crippen molar-refractivity contribution in [3.8, 4) is 62.0 Å². The highest BCUT2D eigenvalue weighted by Crippen LogP contribution is 2.41. The summed E-state index contributed by atoms with van der Waals surface area (Å²) in [5.74, 6) is 0. The lowest BCUT2D eigenvalue weighted by Gasteiger charge is -2.14. The maximum Gasteiger partial charge on any atom is 0.122 e. The van der Waals surface area contributed by atoms with Crippen molar-refractivity contribution in [2.75, 3.05) is 0 Å². The molecule has 0 aliphatic carbocycles. The molecule has 248 valence electrons. The molecule has 10 rings (SSSR count). The highest BCUT2D eigenvalue weighted by atomic mass is 15.5. The van der Waals surface area contributed by atoms with Gasteiger partial charge >= 0.3 is 0 Å². The Morgan fingerprint density at radius 2 is 1.06 bits per heavy atom. The molecule has 7 heteroatoms. The number of rotatable bonds is 6. The van der Waals surface area contributed by atoms with Crippen molar-refractivity contribution >= 4 is 32.7 Å². The minimum absolute atomic E-state index is 0.793. The van der Waals surface area contributed by atoms with Gasteiger partial charge in [0.25, 0.3) is 0 Å². The number of benzene rings is 5. The zero-order chi connectivity index (χ0) is 35.1. The van der Waals surface area contributed by atoms with E-state index in [2.05, 4.69) is 101 Å². The molecule has 7 nitrogen and oxygen atoms in total. The van der Waals surface area contributed by atoms with E-state index in [9.17, 15) is 0 Å². The molecule has 0 fully saturated rings. The fourth-order valence-corrected chi connectivity index (χ4v) is 7.07. The third-order valence-electron chi connectivity index (χ3n) is 9.58. The molecule has 0 N–H and O–H groups in total. The molecule has 0 aliphatic rings. The maximum atomic E-state index is 5.30. The van der Waals surface area contributed by atoms with Crippen molar-refractivity contribution in [2.24, 2.45) is 0 Å². The van der Waals surface area contributed by atoms with Gasteiger partial charge in [-0.1, -0.05) is 97.1 Å². The molecule has 0 spiro atoms. The van der Waals surface area contributed by atoms with Gasteiger partial charge in [0.05, 0.1) is 39.7 Å². The average Bonchev–Trinajstić information content (AvgIpc) is 3.69. The molecule has 5 aromatic carbocycles. The second kappa shape index (κ2) is 12.7. The summed E-state index contributed by atoms with van der Waals surface area (Å²) in [5.41, 5.74) is 12.9. The Kier molecular flexibility index (Phi) is 7.32. The molecule has 0 unspecified atom stereocenters. The smallest absolute Gasteiger partial charge is 0.122 e. The van der Waals surface area contributed by atoms with Crippen molar-refractivity contribution in [1.82, 2.24) is 34.9 Å². The molecule has 0 aliphatic heterocycles. The first kappa shape index (κ1) is 30.4. The lowest BCUT2D eigenvalue weighted by Crippen LogP contribution is -1.97. The summed E-state index contributed by atoms with van der Waals surface area (Å²) in [6.45, 7) is 0. The predicted molar refractivity (Wildman–Crippen MR) is 212 cm³/mol. The molecule has 0 saturated carbocycles. The molecule has 0 atom stereocenters. The number of pyridine rings is 4. The Labute approximate surface area is 304 Å². The highest BCUT2D eigenvalue weighted by Gasteiger charge is 2.19. The van der Waals surface area contributed by atoms with Crippen molar-refractivity contribution in [3.63, 3.8) is 0 Å². The lowest BCUT2D eigenvalue weighted by molar-refractivity contribution is 0.766. The first-order chi connectivity index (χ1) is 26.3. The van der Waals surface area contributed by atoms with Crippen LogP contribution in [0.1, 0.15) is 0 Å². The van der Waals surface area contributed by atoms with E-state index in [-0.39, 0.29) is 0 Å². The van der Waals surface area contributed by atoms with E-state index in [1.54, 1.807) is 17.2 Å². The molecule has 5 heterocycles. The number of hydrogen-bond acceptors (Lipinski definition) is 6. The standard InChI is InChI=1S/C46H29N7/c1-3-12-32(13-4-1)45-36-24-25-40-46(52-53(51-40)34-14-5-2-6-15-34)44(36)43-35(16-11-19-39(43)50-45)31-22-20-30(21-23-31)33-28-41(37-17-7-9-26-47-37)49-42(29-33)38-18-8-10-27-48-38/h1-29H. The Balaban J connectivity index is 1.16. The van der Waals surface area contributed by atoms with E-state index >= 15 is 0 Å². The highest BCUT2D eigenvalue weighted by molar-refractivity contribution is 6.24. The fraction of sp³-hybridized carbons (Fsp3) is 0. The van der Waals surface area contributed by atoms with E-state index in [1.807, 2.05) is 72.8 Å². The summed E-state index contributed by atoms with van der Waals surface area (Å²) >= 11 is 0. The molecule has 53 heavy (non-hydrogen) atoms. The van der Waals surface area contributed by atoms with Crippen LogP contribution in [0.15, 0.2) is 176 Å². The van der Waals surface area contributed by atoms with Crippen LogP contribution in [0.2, 0.25) is 0 Å². The van der Waals surface area contributed by atoms with Gasteiger partial charge in [0.1, 0.15) is 11.0 Å². The van der Waals surface area contributed by atoms with Gasteiger partial charge in [-0.05, 0) is 89.0 Å². The molecule has 0 amide bonds. The third kappa shape index (κ3) is 5.48. The van der Waals surface area contributed by atoms with Crippen LogP contribution in [-0.4, -0.2) is 34.9 Å². The van der Waals surface area contributed by atoms with E-state index < -0.39 is 0 Å². The first-order valence-electron chi connectivity index (χ1n) is 17.5. The fourth-order valence-electron chi connectivity index (χ4n) is 7.07. The van der Waals surface area contributed by atoms with Crippen LogP contribution in [0.3, 0.4) is 0 Å². The van der Waals surface area contributed by atoms with Gasteiger partial charge in [-0.2, -0.15) is 4.80 Å². The van der Waals surface area contributed by atoms with Crippen LogP contribution in [0.4, 0.5) is 0 Å². The van der Waals surface area contributed by atoms with Gasteiger partial charge in [-0.15, -0.1) is 10.2 Å². The number of fused-ring (bicyclic) bond motifs is 5.